The Balaban J connectivity index is 4.79. The van der Waals surface area contributed by atoms with Gasteiger partial charge in [0.2, 0.25) is 11.8 Å². The lowest BCUT2D eigenvalue weighted by Gasteiger charge is -2.24. The molecule has 23 heavy (non-hydrogen) atoms. The fourth-order valence-corrected chi connectivity index (χ4v) is 1.52. The van der Waals surface area contributed by atoms with Gasteiger partial charge in [0, 0.05) is 6.42 Å². The van der Waals surface area contributed by atoms with E-state index in [0.29, 0.717) is 0 Å². The molecule has 0 saturated heterocycles. The molecule has 0 spiro atoms. The smallest absolute Gasteiger partial charge is 0.328 e. The average Bonchev–Trinajstić information content (AvgIpc) is 2.46. The van der Waals surface area contributed by atoms with E-state index >= 15 is 0 Å². The van der Waals surface area contributed by atoms with Crippen molar-refractivity contribution in [1.82, 2.24) is 10.6 Å². The largest absolute Gasteiger partial charge is 0.481 e. The lowest BCUT2D eigenvalue weighted by atomic mass is 10.1. The Morgan fingerprint density at radius 3 is 2.04 bits per heavy atom. The quantitative estimate of drug-likeness (QED) is 0.212. The summed E-state index contributed by atoms with van der Waals surface area (Å²) in [5.74, 6) is -4.54. The predicted octanol–water partition coefficient (Wildman–Crippen LogP) is -3.39. The molecule has 0 bridgehead atoms. The Morgan fingerprint density at radius 1 is 1.09 bits per heavy atom. The lowest BCUT2D eigenvalue weighted by molar-refractivity contribution is -0.144. The number of hydrogen-bond acceptors (Lipinski definition) is 7. The minimum atomic E-state index is -1.60. The van der Waals surface area contributed by atoms with E-state index in [1.807, 2.05) is 5.32 Å². The Morgan fingerprint density at radius 2 is 1.65 bits per heavy atom. The van der Waals surface area contributed by atoms with Gasteiger partial charge in [0.25, 0.3) is 0 Å². The highest BCUT2D eigenvalue weighted by Gasteiger charge is 2.30. The van der Waals surface area contributed by atoms with Crippen molar-refractivity contribution in [3.8, 4) is 0 Å². The lowest BCUT2D eigenvalue weighted by Crippen LogP contribution is -2.58. The summed E-state index contributed by atoms with van der Waals surface area (Å²) in [4.78, 5) is 44.8. The number of carbonyl (C=O) groups is 4. The maximum absolute atomic E-state index is 11.9. The zero-order valence-corrected chi connectivity index (χ0v) is 12.4. The van der Waals surface area contributed by atoms with E-state index in [1.54, 1.807) is 0 Å². The van der Waals surface area contributed by atoms with E-state index in [4.69, 9.17) is 21.1 Å². The maximum Gasteiger partial charge on any atom is 0.328 e. The molecule has 0 heterocycles. The molecule has 4 unspecified atom stereocenters. The van der Waals surface area contributed by atoms with Gasteiger partial charge in [-0.1, -0.05) is 0 Å². The van der Waals surface area contributed by atoms with Crippen LogP contribution in [0.3, 0.4) is 0 Å². The zero-order chi connectivity index (χ0) is 18.2. The SMILES string of the molecule is CC(O)C(NC(=O)C(N)CCC(=O)O)C(=O)NC(CO)C(=O)O. The molecule has 11 heteroatoms. The van der Waals surface area contributed by atoms with Gasteiger partial charge in [0.1, 0.15) is 12.1 Å². The monoisotopic (exact) mass is 335 g/mol. The second kappa shape index (κ2) is 9.71. The standard InChI is InChI=1S/C12H21N3O8/c1-5(17)9(11(21)14-7(4-16)12(22)23)15-10(20)6(13)2-3-8(18)19/h5-7,9,16-17H,2-4,13H2,1H3,(H,14,21)(H,15,20)(H,18,19)(H,22,23). The molecule has 11 nitrogen and oxygen atoms in total. The second-order valence-corrected chi connectivity index (χ2v) is 4.85. The maximum atomic E-state index is 11.9. The normalized spacial score (nSPS) is 15.8. The van der Waals surface area contributed by atoms with Gasteiger partial charge >= 0.3 is 11.9 Å². The highest BCUT2D eigenvalue weighted by molar-refractivity contribution is 5.92. The van der Waals surface area contributed by atoms with Crippen LogP contribution < -0.4 is 16.4 Å². The first-order valence-electron chi connectivity index (χ1n) is 6.70. The summed E-state index contributed by atoms with van der Waals surface area (Å²) in [6.07, 6.45) is -1.91. The topological polar surface area (TPSA) is 199 Å². The third kappa shape index (κ3) is 7.54. The summed E-state index contributed by atoms with van der Waals surface area (Å²) in [6.45, 7) is 0.307. The molecule has 0 aromatic carbocycles. The molecule has 132 valence electrons. The van der Waals surface area contributed by atoms with Crippen molar-refractivity contribution >= 4 is 23.8 Å². The van der Waals surface area contributed by atoms with Crippen LogP contribution in [0.1, 0.15) is 19.8 Å². The van der Waals surface area contributed by atoms with Crippen LogP contribution in [0.15, 0.2) is 0 Å². The van der Waals surface area contributed by atoms with Gasteiger partial charge in [0.15, 0.2) is 0 Å². The predicted molar refractivity (Wildman–Crippen MR) is 75.1 cm³/mol. The number of aliphatic hydroxyl groups excluding tert-OH is 2. The summed E-state index contributed by atoms with van der Waals surface area (Å²) < 4.78 is 0. The molecule has 0 saturated carbocycles. The first-order chi connectivity index (χ1) is 10.6. The van der Waals surface area contributed by atoms with Crippen LogP contribution in [0.5, 0.6) is 0 Å². The van der Waals surface area contributed by atoms with Gasteiger partial charge in [-0.15, -0.1) is 0 Å². The molecular weight excluding hydrogens is 314 g/mol. The van der Waals surface area contributed by atoms with Crippen molar-refractivity contribution in [1.29, 1.82) is 0 Å². The molecule has 0 rings (SSSR count). The van der Waals surface area contributed by atoms with E-state index in [-0.39, 0.29) is 12.8 Å². The fourth-order valence-electron chi connectivity index (χ4n) is 1.52. The molecule has 0 fully saturated rings. The van der Waals surface area contributed by atoms with Gasteiger partial charge in [-0.3, -0.25) is 14.4 Å². The third-order valence-electron chi connectivity index (χ3n) is 2.87. The Kier molecular flexibility index (Phi) is 8.77. The van der Waals surface area contributed by atoms with Crippen LogP contribution in [0.2, 0.25) is 0 Å². The van der Waals surface area contributed by atoms with E-state index in [9.17, 15) is 24.3 Å². The average molecular weight is 335 g/mol. The second-order valence-electron chi connectivity index (χ2n) is 4.85. The first-order valence-corrected chi connectivity index (χ1v) is 6.70. The number of carboxylic acid groups (broad SMARTS) is 2. The van der Waals surface area contributed by atoms with E-state index in [0.717, 1.165) is 0 Å². The minimum absolute atomic E-state index is 0.177. The summed E-state index contributed by atoms with van der Waals surface area (Å²) in [5, 5.41) is 39.7. The molecule has 2 amide bonds. The number of carbonyl (C=O) groups excluding carboxylic acids is 2. The van der Waals surface area contributed by atoms with E-state index in [2.05, 4.69) is 5.32 Å². The van der Waals surface area contributed by atoms with Crippen LogP contribution >= 0.6 is 0 Å². The van der Waals surface area contributed by atoms with Crippen molar-refractivity contribution in [2.75, 3.05) is 6.61 Å². The van der Waals surface area contributed by atoms with Crippen molar-refractivity contribution in [3.05, 3.63) is 0 Å². The Hall–Kier alpha value is -2.24. The van der Waals surface area contributed by atoms with Crippen molar-refractivity contribution in [2.45, 2.75) is 44.0 Å². The number of aliphatic hydroxyl groups is 2. The highest BCUT2D eigenvalue weighted by Crippen LogP contribution is 1.99. The minimum Gasteiger partial charge on any atom is -0.481 e. The summed E-state index contributed by atoms with van der Waals surface area (Å²) in [7, 11) is 0. The van der Waals surface area contributed by atoms with Crippen LogP contribution in [0.25, 0.3) is 0 Å². The highest BCUT2D eigenvalue weighted by atomic mass is 16.4. The summed E-state index contributed by atoms with van der Waals surface area (Å²) in [5.41, 5.74) is 5.47. The number of aliphatic carboxylic acids is 2. The van der Waals surface area contributed by atoms with Gasteiger partial charge < -0.3 is 36.8 Å². The molecule has 0 aliphatic carbocycles. The Bertz CT molecular complexity index is 454. The summed E-state index contributed by atoms with van der Waals surface area (Å²) >= 11 is 0. The Labute approximate surface area is 131 Å². The fraction of sp³-hybridized carbons (Fsp3) is 0.667. The molecule has 0 radical (unpaired) electrons. The molecule has 0 aromatic rings. The van der Waals surface area contributed by atoms with Crippen LogP contribution in [0.4, 0.5) is 0 Å². The van der Waals surface area contributed by atoms with Crippen molar-refractivity contribution in [2.24, 2.45) is 5.73 Å². The van der Waals surface area contributed by atoms with Crippen molar-refractivity contribution in [3.63, 3.8) is 0 Å². The molecule has 0 aliphatic rings. The third-order valence-corrected chi connectivity index (χ3v) is 2.87. The number of nitrogens with two attached hydrogens (primary N) is 1. The van der Waals surface area contributed by atoms with Crippen molar-refractivity contribution < 1.29 is 39.6 Å². The van der Waals surface area contributed by atoms with Gasteiger partial charge in [-0.2, -0.15) is 0 Å². The first kappa shape index (κ1) is 20.8. The zero-order valence-electron chi connectivity index (χ0n) is 12.4. The molecule has 0 aliphatic heterocycles. The number of carboxylic acids is 2. The van der Waals surface area contributed by atoms with Gasteiger partial charge in [0.05, 0.1) is 18.8 Å². The van der Waals surface area contributed by atoms with E-state index in [1.165, 1.54) is 6.92 Å². The van der Waals surface area contributed by atoms with Gasteiger partial charge in [-0.25, -0.2) is 4.79 Å². The number of amides is 2. The number of hydrogen-bond donors (Lipinski definition) is 7. The summed E-state index contributed by atoms with van der Waals surface area (Å²) in [6, 6.07) is -4.32. The molecule has 4 atom stereocenters. The van der Waals surface area contributed by atoms with Crippen LogP contribution in [-0.2, 0) is 19.2 Å². The van der Waals surface area contributed by atoms with Gasteiger partial charge in [-0.05, 0) is 13.3 Å². The number of nitrogens with one attached hydrogen (secondary N) is 2. The number of rotatable bonds is 10. The van der Waals surface area contributed by atoms with E-state index < -0.39 is 54.6 Å². The van der Waals surface area contributed by atoms with Crippen LogP contribution in [0, 0.1) is 0 Å². The molecular formula is C12H21N3O8. The van der Waals surface area contributed by atoms with Crippen LogP contribution in [-0.4, -0.2) is 75.0 Å². The molecule has 0 aromatic heterocycles. The molecule has 8 N–H and O–H groups in total.